The molecule has 0 radical (unpaired) electrons. The fraction of sp³-hybridized carbons (Fsp3) is 0.286. The Morgan fingerprint density at radius 3 is 2.43 bits per heavy atom. The number of rotatable bonds is 6. The molecule has 4 rings (SSSR count). The molecule has 0 unspecified atom stereocenters. The first-order valence-corrected chi connectivity index (χ1v) is 10.1. The van der Waals surface area contributed by atoms with Crippen molar-refractivity contribution in [2.75, 3.05) is 44.1 Å². The van der Waals surface area contributed by atoms with Crippen molar-refractivity contribution >= 4 is 34.4 Å². The maximum atomic E-state index is 12.6. The minimum Gasteiger partial charge on any atom is -0.497 e. The van der Waals surface area contributed by atoms with E-state index in [0.717, 1.165) is 40.7 Å². The fourth-order valence-electron chi connectivity index (χ4n) is 3.05. The number of carbonyl (C=O) groups is 1. The molecule has 3 aromatic rings. The SMILES string of the molecule is COc1ccc(C(=O)CSc2nc3ccccc3nc2N2CCOCC2)cc1. The van der Waals surface area contributed by atoms with E-state index >= 15 is 0 Å². The number of ether oxygens (including phenoxy) is 2. The second-order valence-corrected chi connectivity index (χ2v) is 7.34. The number of thioether (sulfide) groups is 1. The average Bonchev–Trinajstić information content (AvgIpc) is 2.77. The number of carbonyl (C=O) groups excluding carboxylic acids is 1. The van der Waals surface area contributed by atoms with Crippen LogP contribution < -0.4 is 9.64 Å². The number of aromatic nitrogens is 2. The van der Waals surface area contributed by atoms with Gasteiger partial charge in [0.05, 0.1) is 37.1 Å². The highest BCUT2D eigenvalue weighted by Crippen LogP contribution is 2.30. The molecule has 1 aliphatic heterocycles. The summed E-state index contributed by atoms with van der Waals surface area (Å²) < 4.78 is 10.6. The highest BCUT2D eigenvalue weighted by molar-refractivity contribution is 8.00. The molecule has 6 nitrogen and oxygen atoms in total. The number of anilines is 1. The maximum absolute atomic E-state index is 12.6. The summed E-state index contributed by atoms with van der Waals surface area (Å²) in [7, 11) is 1.61. The van der Waals surface area contributed by atoms with Crippen molar-refractivity contribution < 1.29 is 14.3 Å². The highest BCUT2D eigenvalue weighted by atomic mass is 32.2. The largest absolute Gasteiger partial charge is 0.497 e. The number of ketones is 1. The van der Waals surface area contributed by atoms with E-state index in [4.69, 9.17) is 19.4 Å². The molecule has 2 aromatic carbocycles. The standard InChI is InChI=1S/C21H21N3O3S/c1-26-16-8-6-15(7-9-16)19(25)14-28-21-20(24-10-12-27-13-11-24)22-17-4-2-3-5-18(17)23-21/h2-9H,10-14H2,1H3. The van der Waals surface area contributed by atoms with Gasteiger partial charge in [0.25, 0.3) is 0 Å². The normalized spacial score (nSPS) is 14.2. The number of para-hydroxylation sites is 2. The third kappa shape index (κ3) is 4.10. The molecule has 1 aromatic heterocycles. The molecule has 0 amide bonds. The van der Waals surface area contributed by atoms with E-state index < -0.39 is 0 Å². The molecule has 0 N–H and O–H groups in total. The van der Waals surface area contributed by atoms with Gasteiger partial charge in [-0.15, -0.1) is 0 Å². The Labute approximate surface area is 167 Å². The van der Waals surface area contributed by atoms with Gasteiger partial charge in [-0.3, -0.25) is 4.79 Å². The van der Waals surface area contributed by atoms with E-state index in [0.29, 0.717) is 24.5 Å². The molecular formula is C21H21N3O3S. The molecule has 0 spiro atoms. The average molecular weight is 395 g/mol. The lowest BCUT2D eigenvalue weighted by molar-refractivity contribution is 0.102. The predicted molar refractivity (Wildman–Crippen MR) is 111 cm³/mol. The smallest absolute Gasteiger partial charge is 0.173 e. The van der Waals surface area contributed by atoms with Crippen LogP contribution in [0.3, 0.4) is 0 Å². The van der Waals surface area contributed by atoms with Gasteiger partial charge in [0, 0.05) is 18.7 Å². The quantitative estimate of drug-likeness (QED) is 0.468. The third-order valence-electron chi connectivity index (χ3n) is 4.58. The Balaban J connectivity index is 1.58. The molecule has 1 fully saturated rings. The van der Waals surface area contributed by atoms with Crippen molar-refractivity contribution in [1.29, 1.82) is 0 Å². The minimum atomic E-state index is 0.0514. The van der Waals surface area contributed by atoms with Crippen molar-refractivity contribution in [2.24, 2.45) is 0 Å². The number of nitrogens with zero attached hydrogens (tertiary/aromatic N) is 3. The van der Waals surface area contributed by atoms with E-state index in [9.17, 15) is 4.79 Å². The van der Waals surface area contributed by atoms with Crippen LogP contribution in [0.25, 0.3) is 11.0 Å². The summed E-state index contributed by atoms with van der Waals surface area (Å²) in [6, 6.07) is 15.0. The van der Waals surface area contributed by atoms with Gasteiger partial charge in [0.2, 0.25) is 0 Å². The molecule has 144 valence electrons. The van der Waals surface area contributed by atoms with Crippen molar-refractivity contribution in [2.45, 2.75) is 5.03 Å². The van der Waals surface area contributed by atoms with Gasteiger partial charge in [0.1, 0.15) is 10.8 Å². The molecule has 1 aliphatic rings. The van der Waals surface area contributed by atoms with Gasteiger partial charge < -0.3 is 14.4 Å². The zero-order valence-electron chi connectivity index (χ0n) is 15.6. The monoisotopic (exact) mass is 395 g/mol. The second-order valence-electron chi connectivity index (χ2n) is 6.38. The summed E-state index contributed by atoms with van der Waals surface area (Å²) in [5.74, 6) is 1.92. The summed E-state index contributed by atoms with van der Waals surface area (Å²) in [6.45, 7) is 2.88. The lowest BCUT2D eigenvalue weighted by Crippen LogP contribution is -2.37. The van der Waals surface area contributed by atoms with E-state index in [2.05, 4.69) is 4.90 Å². The lowest BCUT2D eigenvalue weighted by Gasteiger charge is -2.29. The van der Waals surface area contributed by atoms with Gasteiger partial charge >= 0.3 is 0 Å². The van der Waals surface area contributed by atoms with E-state index in [-0.39, 0.29) is 5.78 Å². The predicted octanol–water partition coefficient (Wildman–Crippen LogP) is 3.45. The second kappa shape index (κ2) is 8.58. The van der Waals surface area contributed by atoms with Crippen molar-refractivity contribution in [1.82, 2.24) is 9.97 Å². The van der Waals surface area contributed by atoms with Crippen LogP contribution >= 0.6 is 11.8 Å². The molecule has 28 heavy (non-hydrogen) atoms. The molecular weight excluding hydrogens is 374 g/mol. The molecule has 1 saturated heterocycles. The van der Waals surface area contributed by atoms with Crippen LogP contribution in [0.15, 0.2) is 53.6 Å². The summed E-state index contributed by atoms with van der Waals surface area (Å²) in [5.41, 5.74) is 2.35. The number of methoxy groups -OCH3 is 1. The third-order valence-corrected chi connectivity index (χ3v) is 5.54. The van der Waals surface area contributed by atoms with E-state index in [1.54, 1.807) is 31.4 Å². The fourth-order valence-corrected chi connectivity index (χ4v) is 3.95. The van der Waals surface area contributed by atoms with Crippen LogP contribution in [-0.2, 0) is 4.74 Å². The van der Waals surface area contributed by atoms with Crippen molar-refractivity contribution in [3.8, 4) is 5.75 Å². The first kappa shape index (κ1) is 18.7. The Morgan fingerprint density at radius 2 is 1.75 bits per heavy atom. The number of Topliss-reactive ketones (excluding diaryl/α,β-unsaturated/α-hetero) is 1. The van der Waals surface area contributed by atoms with Crippen LogP contribution in [0, 0.1) is 0 Å². The Kier molecular flexibility index (Phi) is 5.73. The van der Waals surface area contributed by atoms with Crippen LogP contribution in [0.2, 0.25) is 0 Å². The van der Waals surface area contributed by atoms with Gasteiger partial charge in [0.15, 0.2) is 11.6 Å². The molecule has 7 heteroatoms. The molecule has 0 atom stereocenters. The summed E-state index contributed by atoms with van der Waals surface area (Å²) in [6.07, 6.45) is 0. The molecule has 0 saturated carbocycles. The minimum absolute atomic E-state index is 0.0514. The number of morpholine rings is 1. The summed E-state index contributed by atoms with van der Waals surface area (Å²) >= 11 is 1.43. The van der Waals surface area contributed by atoms with Gasteiger partial charge in [-0.1, -0.05) is 23.9 Å². The first-order valence-electron chi connectivity index (χ1n) is 9.14. The summed E-state index contributed by atoms with van der Waals surface area (Å²) in [5, 5.41) is 0.780. The summed E-state index contributed by atoms with van der Waals surface area (Å²) in [4.78, 5) is 24.4. The van der Waals surface area contributed by atoms with E-state index in [1.165, 1.54) is 11.8 Å². The Morgan fingerprint density at radius 1 is 1.07 bits per heavy atom. The number of hydrogen-bond donors (Lipinski definition) is 0. The zero-order chi connectivity index (χ0) is 19.3. The first-order chi connectivity index (χ1) is 13.7. The highest BCUT2D eigenvalue weighted by Gasteiger charge is 2.20. The zero-order valence-corrected chi connectivity index (χ0v) is 16.4. The number of fused-ring (bicyclic) bond motifs is 1. The van der Waals surface area contributed by atoms with Crippen molar-refractivity contribution in [3.05, 3.63) is 54.1 Å². The van der Waals surface area contributed by atoms with Crippen molar-refractivity contribution in [3.63, 3.8) is 0 Å². The van der Waals surface area contributed by atoms with Gasteiger partial charge in [-0.25, -0.2) is 9.97 Å². The maximum Gasteiger partial charge on any atom is 0.173 e. The van der Waals surface area contributed by atoms with Crippen LogP contribution in [0.1, 0.15) is 10.4 Å². The van der Waals surface area contributed by atoms with Crippen LogP contribution in [0.4, 0.5) is 5.82 Å². The van der Waals surface area contributed by atoms with E-state index in [1.807, 2.05) is 24.3 Å². The lowest BCUT2D eigenvalue weighted by atomic mass is 10.1. The van der Waals surface area contributed by atoms with Gasteiger partial charge in [-0.2, -0.15) is 0 Å². The Bertz CT molecular complexity index is 972. The number of hydrogen-bond acceptors (Lipinski definition) is 7. The Hall–Kier alpha value is -2.64. The molecule has 0 bridgehead atoms. The van der Waals surface area contributed by atoms with Crippen LogP contribution in [0.5, 0.6) is 5.75 Å². The molecule has 2 heterocycles. The topological polar surface area (TPSA) is 64.5 Å². The van der Waals surface area contributed by atoms with Gasteiger partial charge in [-0.05, 0) is 36.4 Å². The number of benzene rings is 2. The van der Waals surface area contributed by atoms with Crippen LogP contribution in [-0.4, -0.2) is 54.9 Å². The molecule has 0 aliphatic carbocycles.